The summed E-state index contributed by atoms with van der Waals surface area (Å²) in [5.41, 5.74) is 3.07. The first-order valence-corrected chi connectivity index (χ1v) is 5.10. The molecule has 1 aliphatic carbocycles. The van der Waals surface area contributed by atoms with Crippen LogP contribution in [0.3, 0.4) is 0 Å². The molecule has 0 heterocycles. The van der Waals surface area contributed by atoms with Gasteiger partial charge in [-0.3, -0.25) is 0 Å². The van der Waals surface area contributed by atoms with E-state index in [-0.39, 0.29) is 0 Å². The summed E-state index contributed by atoms with van der Waals surface area (Å²) in [7, 11) is 0. The van der Waals surface area contributed by atoms with Gasteiger partial charge in [-0.2, -0.15) is 0 Å². The number of fused-ring (bicyclic) bond motifs is 1. The van der Waals surface area contributed by atoms with E-state index in [9.17, 15) is 0 Å². The molecule has 0 bridgehead atoms. The van der Waals surface area contributed by atoms with Crippen LogP contribution in [0.4, 0.5) is 0 Å². The summed E-state index contributed by atoms with van der Waals surface area (Å²) in [6.07, 6.45) is 4.62. The lowest BCUT2D eigenvalue weighted by Gasteiger charge is -2.30. The average molecular weight is 176 g/mol. The van der Waals surface area contributed by atoms with Crippen molar-refractivity contribution in [2.24, 2.45) is 0 Å². The van der Waals surface area contributed by atoms with Gasteiger partial charge in [0, 0.05) is 6.61 Å². The Labute approximate surface area is 79.4 Å². The second-order valence-corrected chi connectivity index (χ2v) is 3.82. The fourth-order valence-electron chi connectivity index (χ4n) is 2.12. The van der Waals surface area contributed by atoms with Gasteiger partial charge in [-0.1, -0.05) is 30.7 Å². The first-order valence-electron chi connectivity index (χ1n) is 5.10. The van der Waals surface area contributed by atoms with Crippen LogP contribution in [-0.4, -0.2) is 11.7 Å². The van der Waals surface area contributed by atoms with Crippen LogP contribution >= 0.6 is 0 Å². The highest BCUT2D eigenvalue weighted by molar-refractivity contribution is 5.39. The summed E-state index contributed by atoms with van der Waals surface area (Å²) in [5, 5.41) is 8.67. The quantitative estimate of drug-likeness (QED) is 0.699. The molecular formula is C12H16O. The second kappa shape index (κ2) is 3.93. The van der Waals surface area contributed by atoms with Crippen LogP contribution in [-0.2, 0) is 6.42 Å². The summed E-state index contributed by atoms with van der Waals surface area (Å²) in [5.74, 6) is 0.780. The molecule has 0 aromatic heterocycles. The van der Waals surface area contributed by atoms with E-state index in [0.29, 0.717) is 6.61 Å². The third-order valence-corrected chi connectivity index (χ3v) is 2.92. The highest BCUT2D eigenvalue weighted by Crippen LogP contribution is 2.37. The van der Waals surface area contributed by atoms with Crippen LogP contribution in [0.5, 0.6) is 0 Å². The van der Waals surface area contributed by atoms with Gasteiger partial charge < -0.3 is 5.11 Å². The van der Waals surface area contributed by atoms with Gasteiger partial charge in [0.05, 0.1) is 0 Å². The fraction of sp³-hybridized carbons (Fsp3) is 0.500. The maximum Gasteiger partial charge on any atom is 0.0431 e. The molecule has 2 rings (SSSR count). The molecule has 0 spiro atoms. The van der Waals surface area contributed by atoms with Crippen molar-refractivity contribution in [1.29, 1.82) is 0 Å². The fourth-order valence-corrected chi connectivity index (χ4v) is 2.12. The Morgan fingerprint density at radius 1 is 1.23 bits per heavy atom. The van der Waals surface area contributed by atoms with Gasteiger partial charge >= 0.3 is 0 Å². The van der Waals surface area contributed by atoms with E-state index in [4.69, 9.17) is 5.11 Å². The molecule has 70 valence electrons. The van der Waals surface area contributed by atoms with Gasteiger partial charge in [0.25, 0.3) is 0 Å². The third kappa shape index (κ3) is 1.75. The van der Waals surface area contributed by atoms with Gasteiger partial charge in [-0.25, -0.2) is 0 Å². The largest absolute Gasteiger partial charge is 0.396 e. The number of hydrogen-bond acceptors (Lipinski definition) is 1. The average Bonchev–Trinajstić information content (AvgIpc) is 2.13. The number of benzene rings is 1. The molecule has 0 radical (unpaired) electrons. The molecule has 0 amide bonds. The van der Waals surface area contributed by atoms with Crippen molar-refractivity contribution in [3.8, 4) is 0 Å². The maximum absolute atomic E-state index is 8.67. The summed E-state index contributed by atoms with van der Waals surface area (Å²) < 4.78 is 0. The zero-order valence-electron chi connectivity index (χ0n) is 7.87. The molecule has 1 heteroatoms. The minimum atomic E-state index is 0.342. The van der Waals surface area contributed by atoms with Crippen LogP contribution in [0, 0.1) is 0 Å². The lowest BCUT2D eigenvalue weighted by atomic mass is 9.75. The van der Waals surface area contributed by atoms with Gasteiger partial charge in [-0.15, -0.1) is 0 Å². The molecule has 0 saturated carbocycles. The molecule has 0 aliphatic heterocycles. The Kier molecular flexibility index (Phi) is 2.65. The number of aliphatic hydroxyl groups is 1. The third-order valence-electron chi connectivity index (χ3n) is 2.92. The van der Waals surface area contributed by atoms with Gasteiger partial charge in [0.15, 0.2) is 0 Å². The Balaban J connectivity index is 1.87. The van der Waals surface area contributed by atoms with Gasteiger partial charge in [-0.05, 0) is 36.3 Å². The zero-order valence-corrected chi connectivity index (χ0v) is 7.87. The predicted molar refractivity (Wildman–Crippen MR) is 53.8 cm³/mol. The molecule has 1 unspecified atom stereocenters. The highest BCUT2D eigenvalue weighted by Gasteiger charge is 2.24. The van der Waals surface area contributed by atoms with Crippen LogP contribution < -0.4 is 0 Å². The van der Waals surface area contributed by atoms with Crippen LogP contribution in [0.1, 0.15) is 36.3 Å². The minimum Gasteiger partial charge on any atom is -0.396 e. The van der Waals surface area contributed by atoms with Crippen molar-refractivity contribution in [2.75, 3.05) is 6.61 Å². The summed E-state index contributed by atoms with van der Waals surface area (Å²) >= 11 is 0. The van der Waals surface area contributed by atoms with Crippen molar-refractivity contribution in [2.45, 2.75) is 31.6 Å². The monoisotopic (exact) mass is 176 g/mol. The highest BCUT2D eigenvalue weighted by atomic mass is 16.2. The van der Waals surface area contributed by atoms with Crippen LogP contribution in [0.2, 0.25) is 0 Å². The van der Waals surface area contributed by atoms with E-state index in [1.54, 1.807) is 5.56 Å². The van der Waals surface area contributed by atoms with Crippen molar-refractivity contribution in [1.82, 2.24) is 0 Å². The molecule has 0 saturated heterocycles. The Hall–Kier alpha value is -0.820. The number of unbranched alkanes of at least 4 members (excludes halogenated alkanes) is 1. The van der Waals surface area contributed by atoms with Gasteiger partial charge in [0.1, 0.15) is 0 Å². The van der Waals surface area contributed by atoms with E-state index < -0.39 is 0 Å². The zero-order chi connectivity index (χ0) is 9.10. The van der Waals surface area contributed by atoms with Crippen molar-refractivity contribution >= 4 is 0 Å². The normalized spacial score (nSPS) is 19.3. The Morgan fingerprint density at radius 2 is 2.08 bits per heavy atom. The standard InChI is InChI=1S/C12H16O/c13-8-4-3-6-11-9-10-5-1-2-7-12(10)11/h1-2,5,7,11,13H,3-4,6,8-9H2. The molecule has 1 aromatic rings. The second-order valence-electron chi connectivity index (χ2n) is 3.82. The van der Waals surface area contributed by atoms with Gasteiger partial charge in [0.2, 0.25) is 0 Å². The van der Waals surface area contributed by atoms with E-state index in [1.165, 1.54) is 18.4 Å². The van der Waals surface area contributed by atoms with Crippen molar-refractivity contribution < 1.29 is 5.11 Å². The summed E-state index contributed by atoms with van der Waals surface area (Å²) in [4.78, 5) is 0. The number of aliphatic hydroxyl groups excluding tert-OH is 1. The van der Waals surface area contributed by atoms with E-state index in [1.807, 2.05) is 0 Å². The van der Waals surface area contributed by atoms with E-state index in [2.05, 4.69) is 24.3 Å². The molecule has 1 aromatic carbocycles. The SMILES string of the molecule is OCCCCC1Cc2ccccc21. The Morgan fingerprint density at radius 3 is 2.85 bits per heavy atom. The number of rotatable bonds is 4. The van der Waals surface area contributed by atoms with E-state index in [0.717, 1.165) is 18.8 Å². The van der Waals surface area contributed by atoms with Crippen LogP contribution in [0.15, 0.2) is 24.3 Å². The summed E-state index contributed by atoms with van der Waals surface area (Å²) in [6, 6.07) is 8.69. The Bertz CT molecular complexity index is 280. The van der Waals surface area contributed by atoms with Crippen molar-refractivity contribution in [3.63, 3.8) is 0 Å². The molecule has 1 atom stereocenters. The predicted octanol–water partition coefficient (Wildman–Crippen LogP) is 2.49. The molecule has 13 heavy (non-hydrogen) atoms. The molecule has 1 N–H and O–H groups in total. The minimum absolute atomic E-state index is 0.342. The maximum atomic E-state index is 8.67. The number of hydrogen-bond donors (Lipinski definition) is 1. The van der Waals surface area contributed by atoms with E-state index >= 15 is 0 Å². The molecular weight excluding hydrogens is 160 g/mol. The molecule has 1 aliphatic rings. The molecule has 0 fully saturated rings. The van der Waals surface area contributed by atoms with Crippen LogP contribution in [0.25, 0.3) is 0 Å². The topological polar surface area (TPSA) is 20.2 Å². The first-order chi connectivity index (χ1) is 6.42. The smallest absolute Gasteiger partial charge is 0.0431 e. The summed E-state index contributed by atoms with van der Waals surface area (Å²) in [6.45, 7) is 0.342. The van der Waals surface area contributed by atoms with Crippen molar-refractivity contribution in [3.05, 3.63) is 35.4 Å². The lowest BCUT2D eigenvalue weighted by molar-refractivity contribution is 0.280. The lowest BCUT2D eigenvalue weighted by Crippen LogP contribution is -2.16. The first kappa shape index (κ1) is 8.76. The molecule has 1 nitrogen and oxygen atoms in total.